The summed E-state index contributed by atoms with van der Waals surface area (Å²) in [7, 11) is 1.55. The zero-order chi connectivity index (χ0) is 13.5. The zero-order valence-electron chi connectivity index (χ0n) is 10.7. The zero-order valence-corrected chi connectivity index (χ0v) is 10.7. The minimum absolute atomic E-state index is 0.351. The van der Waals surface area contributed by atoms with Gasteiger partial charge in [0.1, 0.15) is 5.82 Å². The van der Waals surface area contributed by atoms with Crippen molar-refractivity contribution in [1.82, 2.24) is 5.32 Å². The summed E-state index contributed by atoms with van der Waals surface area (Å²) in [6.45, 7) is 2.73. The Morgan fingerprint density at radius 2 is 2.06 bits per heavy atom. The number of benzene rings is 1. The second-order valence-electron chi connectivity index (χ2n) is 4.19. The molecule has 0 amide bonds. The van der Waals surface area contributed by atoms with Crippen LogP contribution in [0.15, 0.2) is 18.2 Å². The summed E-state index contributed by atoms with van der Waals surface area (Å²) >= 11 is 0. The Hall–Kier alpha value is -1.23. The molecule has 0 aromatic heterocycles. The van der Waals surface area contributed by atoms with Gasteiger partial charge in [0, 0.05) is 24.8 Å². The van der Waals surface area contributed by atoms with E-state index in [-0.39, 0.29) is 5.82 Å². The van der Waals surface area contributed by atoms with Crippen molar-refractivity contribution in [3.8, 4) is 0 Å². The van der Waals surface area contributed by atoms with Gasteiger partial charge in [-0.2, -0.15) is 0 Å². The molecule has 18 heavy (non-hydrogen) atoms. The Balaban J connectivity index is 2.85. The van der Waals surface area contributed by atoms with Crippen LogP contribution in [-0.2, 0) is 6.54 Å². The summed E-state index contributed by atoms with van der Waals surface area (Å²) in [6.07, 6.45) is -1.49. The monoisotopic (exact) mass is 260 g/mol. The van der Waals surface area contributed by atoms with E-state index in [9.17, 15) is 13.2 Å². The van der Waals surface area contributed by atoms with Crippen molar-refractivity contribution < 1.29 is 13.2 Å². The quantitative estimate of drug-likeness (QED) is 0.758. The number of alkyl halides is 2. The lowest BCUT2D eigenvalue weighted by Crippen LogP contribution is -2.26. The lowest BCUT2D eigenvalue weighted by molar-refractivity contribution is 0.156. The minimum Gasteiger partial charge on any atom is -0.369 e. The maximum absolute atomic E-state index is 13.7. The summed E-state index contributed by atoms with van der Waals surface area (Å²) in [4.78, 5) is 1.39. The average Bonchev–Trinajstić information content (AvgIpc) is 2.30. The first-order chi connectivity index (χ1) is 8.56. The number of hydrogen-bond donors (Lipinski definition) is 1. The van der Waals surface area contributed by atoms with E-state index in [0.29, 0.717) is 17.8 Å². The molecule has 0 aliphatic carbocycles. The molecule has 2 nitrogen and oxygen atoms in total. The summed E-state index contributed by atoms with van der Waals surface area (Å²) in [5, 5.41) is 3.09. The van der Waals surface area contributed by atoms with Crippen molar-refractivity contribution in [2.45, 2.75) is 26.3 Å². The molecule has 0 aliphatic rings. The van der Waals surface area contributed by atoms with E-state index in [4.69, 9.17) is 0 Å². The third-order valence-electron chi connectivity index (χ3n) is 2.65. The molecule has 0 saturated carbocycles. The molecule has 1 aromatic carbocycles. The standard InChI is InChI=1S/C13H19F3N2/c1-3-7-17-8-10-11(14)5-4-6-12(10)18(2)9-13(15)16/h4-6,13,17H,3,7-9H2,1-2H3. The van der Waals surface area contributed by atoms with Gasteiger partial charge >= 0.3 is 0 Å². The maximum Gasteiger partial charge on any atom is 0.255 e. The topological polar surface area (TPSA) is 15.3 Å². The van der Waals surface area contributed by atoms with Crippen LogP contribution >= 0.6 is 0 Å². The Kier molecular flexibility index (Phi) is 5.98. The highest BCUT2D eigenvalue weighted by Crippen LogP contribution is 2.22. The van der Waals surface area contributed by atoms with Crippen molar-refractivity contribution >= 4 is 5.69 Å². The Bertz CT molecular complexity index is 369. The van der Waals surface area contributed by atoms with Crippen LogP contribution in [-0.4, -0.2) is 26.6 Å². The fourth-order valence-corrected chi connectivity index (χ4v) is 1.78. The van der Waals surface area contributed by atoms with E-state index >= 15 is 0 Å². The molecule has 1 aromatic rings. The van der Waals surface area contributed by atoms with Gasteiger partial charge in [-0.25, -0.2) is 13.2 Å². The second-order valence-corrected chi connectivity index (χ2v) is 4.19. The molecule has 0 radical (unpaired) electrons. The highest BCUT2D eigenvalue weighted by Gasteiger charge is 2.14. The highest BCUT2D eigenvalue weighted by molar-refractivity contribution is 5.53. The van der Waals surface area contributed by atoms with Crippen LogP contribution in [0.5, 0.6) is 0 Å². The van der Waals surface area contributed by atoms with Crippen molar-refractivity contribution in [3.63, 3.8) is 0 Å². The number of hydrogen-bond acceptors (Lipinski definition) is 2. The van der Waals surface area contributed by atoms with Gasteiger partial charge in [-0.1, -0.05) is 13.0 Å². The van der Waals surface area contributed by atoms with Crippen LogP contribution in [0.4, 0.5) is 18.9 Å². The predicted molar refractivity (Wildman–Crippen MR) is 67.7 cm³/mol. The number of nitrogens with one attached hydrogen (secondary N) is 1. The summed E-state index contributed by atoms with van der Waals surface area (Å²) in [5.74, 6) is -0.364. The summed E-state index contributed by atoms with van der Waals surface area (Å²) < 4.78 is 38.4. The molecule has 0 aliphatic heterocycles. The molecule has 1 rings (SSSR count). The molecule has 0 fully saturated rings. The molecule has 5 heteroatoms. The minimum atomic E-state index is -2.44. The van der Waals surface area contributed by atoms with E-state index < -0.39 is 13.0 Å². The molecular weight excluding hydrogens is 241 g/mol. The molecule has 0 bridgehead atoms. The lowest BCUT2D eigenvalue weighted by Gasteiger charge is -2.22. The molecule has 1 N–H and O–H groups in total. The Morgan fingerprint density at radius 1 is 1.33 bits per heavy atom. The number of halogens is 3. The van der Waals surface area contributed by atoms with Crippen LogP contribution in [0.2, 0.25) is 0 Å². The van der Waals surface area contributed by atoms with Gasteiger partial charge in [0.2, 0.25) is 0 Å². The molecular formula is C13H19F3N2. The van der Waals surface area contributed by atoms with Gasteiger partial charge in [0.15, 0.2) is 0 Å². The summed E-state index contributed by atoms with van der Waals surface area (Å²) in [6, 6.07) is 4.55. The van der Waals surface area contributed by atoms with Gasteiger partial charge in [-0.3, -0.25) is 0 Å². The van der Waals surface area contributed by atoms with Crippen molar-refractivity contribution in [2.24, 2.45) is 0 Å². The summed E-state index contributed by atoms with van der Waals surface area (Å²) in [5.41, 5.74) is 0.952. The van der Waals surface area contributed by atoms with Gasteiger partial charge in [-0.15, -0.1) is 0 Å². The Morgan fingerprint density at radius 3 is 2.67 bits per heavy atom. The number of rotatable bonds is 7. The number of anilines is 1. The van der Waals surface area contributed by atoms with Gasteiger partial charge in [0.25, 0.3) is 6.43 Å². The SMILES string of the molecule is CCCNCc1c(F)cccc1N(C)CC(F)F. The molecule has 102 valence electrons. The van der Waals surface area contributed by atoms with Gasteiger partial charge in [-0.05, 0) is 25.1 Å². The van der Waals surface area contributed by atoms with Crippen LogP contribution in [0, 0.1) is 5.82 Å². The molecule has 0 spiro atoms. The van der Waals surface area contributed by atoms with E-state index in [0.717, 1.165) is 13.0 Å². The third-order valence-corrected chi connectivity index (χ3v) is 2.65. The van der Waals surface area contributed by atoms with Crippen LogP contribution in [0.3, 0.4) is 0 Å². The predicted octanol–water partition coefficient (Wildman–Crippen LogP) is 3.03. The van der Waals surface area contributed by atoms with Crippen LogP contribution < -0.4 is 10.2 Å². The highest BCUT2D eigenvalue weighted by atomic mass is 19.3. The fourth-order valence-electron chi connectivity index (χ4n) is 1.78. The second kappa shape index (κ2) is 7.26. The fraction of sp³-hybridized carbons (Fsp3) is 0.538. The smallest absolute Gasteiger partial charge is 0.255 e. The van der Waals surface area contributed by atoms with E-state index in [1.807, 2.05) is 6.92 Å². The number of nitrogens with zero attached hydrogens (tertiary/aromatic N) is 1. The van der Waals surface area contributed by atoms with Gasteiger partial charge in [0.05, 0.1) is 6.54 Å². The van der Waals surface area contributed by atoms with Crippen LogP contribution in [0.1, 0.15) is 18.9 Å². The normalized spacial score (nSPS) is 11.0. The van der Waals surface area contributed by atoms with Crippen molar-refractivity contribution in [3.05, 3.63) is 29.6 Å². The van der Waals surface area contributed by atoms with Crippen molar-refractivity contribution in [1.29, 1.82) is 0 Å². The lowest BCUT2D eigenvalue weighted by atomic mass is 10.1. The largest absolute Gasteiger partial charge is 0.369 e. The van der Waals surface area contributed by atoms with Crippen molar-refractivity contribution in [2.75, 3.05) is 25.0 Å². The molecule has 0 unspecified atom stereocenters. The first-order valence-corrected chi connectivity index (χ1v) is 6.03. The van der Waals surface area contributed by atoms with E-state index in [1.54, 1.807) is 13.1 Å². The first-order valence-electron chi connectivity index (χ1n) is 6.03. The van der Waals surface area contributed by atoms with E-state index in [1.165, 1.54) is 17.0 Å². The van der Waals surface area contributed by atoms with Crippen LogP contribution in [0.25, 0.3) is 0 Å². The maximum atomic E-state index is 13.7. The molecule has 0 atom stereocenters. The Labute approximate surface area is 106 Å². The van der Waals surface area contributed by atoms with E-state index in [2.05, 4.69) is 5.32 Å². The average molecular weight is 260 g/mol. The van der Waals surface area contributed by atoms with Gasteiger partial charge < -0.3 is 10.2 Å². The molecule has 0 heterocycles. The first kappa shape index (κ1) is 14.8. The third kappa shape index (κ3) is 4.22. The molecule has 0 saturated heterocycles.